The summed E-state index contributed by atoms with van der Waals surface area (Å²) in [5.74, 6) is 0.609. The van der Waals surface area contributed by atoms with Gasteiger partial charge in [-0.1, -0.05) is 6.07 Å². The van der Waals surface area contributed by atoms with E-state index in [9.17, 15) is 0 Å². The monoisotopic (exact) mass is 403 g/mol. The Morgan fingerprint density at radius 2 is 1.82 bits per heavy atom. The molecule has 0 radical (unpaired) electrons. The van der Waals surface area contributed by atoms with E-state index in [0.717, 1.165) is 13.7 Å². The summed E-state index contributed by atoms with van der Waals surface area (Å²) in [4.78, 5) is 8.46. The number of anilines is 2. The molecule has 0 amide bonds. The molecule has 0 unspecified atom stereocenters. The maximum Gasteiger partial charge on any atom is 0.227 e. The summed E-state index contributed by atoms with van der Waals surface area (Å²) in [6.07, 6.45) is 3.57. The van der Waals surface area contributed by atoms with Crippen molar-refractivity contribution in [2.45, 2.75) is 13.8 Å². The molecule has 0 fully saturated rings. The fraction of sp³-hybridized carbons (Fsp3) is 0.167. The van der Waals surface area contributed by atoms with Gasteiger partial charge in [-0.3, -0.25) is 0 Å². The third kappa shape index (κ3) is 3.16. The Bertz CT molecular complexity index is 517. The van der Waals surface area contributed by atoms with Gasteiger partial charge in [0.2, 0.25) is 5.95 Å². The van der Waals surface area contributed by atoms with Crippen LogP contribution in [0, 0.1) is 17.4 Å². The van der Waals surface area contributed by atoms with Crippen molar-refractivity contribution >= 4 is 50.2 Å². The molecule has 0 saturated heterocycles. The van der Waals surface area contributed by atoms with E-state index in [4.69, 9.17) is 0 Å². The Hall–Kier alpha value is -0.690. The highest BCUT2D eigenvalue weighted by atomic mass is 127. The number of rotatable bonds is 2. The van der Waals surface area contributed by atoms with E-state index in [2.05, 4.69) is 79.8 Å². The average Bonchev–Trinajstić information content (AvgIpc) is 2.26. The largest absolute Gasteiger partial charge is 0.323 e. The predicted octanol–water partition coefficient (Wildman–Crippen LogP) is 4.20. The maximum absolute atomic E-state index is 4.23. The van der Waals surface area contributed by atoms with Crippen LogP contribution in [0.2, 0.25) is 0 Å². The zero-order valence-electron chi connectivity index (χ0n) is 9.46. The Morgan fingerprint density at radius 1 is 1.18 bits per heavy atom. The van der Waals surface area contributed by atoms with Crippen LogP contribution in [0.4, 0.5) is 11.6 Å². The summed E-state index contributed by atoms with van der Waals surface area (Å²) in [6.45, 7) is 4.13. The van der Waals surface area contributed by atoms with E-state index in [1.54, 1.807) is 12.4 Å². The fourth-order valence-electron chi connectivity index (χ4n) is 1.56. The van der Waals surface area contributed by atoms with Crippen LogP contribution in [-0.2, 0) is 0 Å². The lowest BCUT2D eigenvalue weighted by atomic mass is 10.1. The number of nitrogens with zero attached hydrogens (tertiary/aromatic N) is 2. The number of aromatic nitrogens is 2. The molecule has 0 aliphatic rings. The molecule has 0 spiro atoms. The molecule has 1 aromatic carbocycles. The van der Waals surface area contributed by atoms with Crippen LogP contribution in [0.25, 0.3) is 0 Å². The molecular formula is C12H11BrIN3. The first-order valence-electron chi connectivity index (χ1n) is 5.07. The molecule has 17 heavy (non-hydrogen) atoms. The minimum absolute atomic E-state index is 0.609. The molecule has 0 aliphatic carbocycles. The van der Waals surface area contributed by atoms with Crippen molar-refractivity contribution in [3.63, 3.8) is 0 Å². The summed E-state index contributed by atoms with van der Waals surface area (Å²) in [5, 5.41) is 3.22. The first kappa shape index (κ1) is 12.8. The Kier molecular flexibility index (Phi) is 3.98. The molecule has 2 rings (SSSR count). The Morgan fingerprint density at radius 3 is 2.41 bits per heavy atom. The molecule has 5 heteroatoms. The van der Waals surface area contributed by atoms with Gasteiger partial charge in [0.15, 0.2) is 0 Å². The van der Waals surface area contributed by atoms with Crippen LogP contribution in [0.3, 0.4) is 0 Å². The molecule has 0 saturated carbocycles. The van der Waals surface area contributed by atoms with Crippen molar-refractivity contribution in [1.82, 2.24) is 9.97 Å². The van der Waals surface area contributed by atoms with Crippen molar-refractivity contribution in [1.29, 1.82) is 0 Å². The van der Waals surface area contributed by atoms with Crippen LogP contribution in [0.5, 0.6) is 0 Å². The third-order valence-electron chi connectivity index (χ3n) is 2.29. The topological polar surface area (TPSA) is 37.8 Å². The van der Waals surface area contributed by atoms with Crippen LogP contribution >= 0.6 is 38.5 Å². The van der Waals surface area contributed by atoms with Crippen molar-refractivity contribution < 1.29 is 0 Å². The first-order valence-corrected chi connectivity index (χ1v) is 6.95. The summed E-state index contributed by atoms with van der Waals surface area (Å²) >= 11 is 5.73. The molecular weight excluding hydrogens is 393 g/mol. The Balaban J connectivity index is 2.33. The minimum Gasteiger partial charge on any atom is -0.323 e. The van der Waals surface area contributed by atoms with Crippen molar-refractivity contribution in [3.05, 3.63) is 43.7 Å². The highest BCUT2D eigenvalue weighted by Gasteiger charge is 2.06. The first-order chi connectivity index (χ1) is 8.06. The fourth-order valence-corrected chi connectivity index (χ4v) is 2.61. The molecule has 3 nitrogen and oxygen atoms in total. The smallest absolute Gasteiger partial charge is 0.227 e. The molecule has 1 aromatic heterocycles. The van der Waals surface area contributed by atoms with Gasteiger partial charge in [0, 0.05) is 20.4 Å². The van der Waals surface area contributed by atoms with Crippen LogP contribution in [-0.4, -0.2) is 9.97 Å². The van der Waals surface area contributed by atoms with Gasteiger partial charge in [0.25, 0.3) is 0 Å². The summed E-state index contributed by atoms with van der Waals surface area (Å²) < 4.78 is 2.05. The molecule has 2 aromatic rings. The summed E-state index contributed by atoms with van der Waals surface area (Å²) in [6, 6.07) is 4.20. The highest BCUT2D eigenvalue weighted by molar-refractivity contribution is 14.1. The third-order valence-corrected chi connectivity index (χ3v) is 3.47. The van der Waals surface area contributed by atoms with Gasteiger partial charge in [-0.25, -0.2) is 9.97 Å². The second-order valence-corrected chi connectivity index (χ2v) is 5.89. The van der Waals surface area contributed by atoms with Crippen molar-refractivity contribution in [2.24, 2.45) is 0 Å². The normalized spacial score (nSPS) is 10.4. The van der Waals surface area contributed by atoms with E-state index in [-0.39, 0.29) is 0 Å². The second-order valence-electron chi connectivity index (χ2n) is 3.79. The van der Waals surface area contributed by atoms with E-state index in [0.29, 0.717) is 5.95 Å². The van der Waals surface area contributed by atoms with Crippen molar-refractivity contribution in [2.75, 3.05) is 5.32 Å². The molecule has 0 aliphatic heterocycles. The quantitative estimate of drug-likeness (QED) is 0.763. The number of hydrogen-bond donors (Lipinski definition) is 1. The number of halogens is 2. The number of nitrogens with one attached hydrogen (secondary N) is 1. The molecule has 0 bridgehead atoms. The SMILES string of the molecule is Cc1cc(C)c(Nc2ncc(I)cn2)c(Br)c1. The van der Waals surface area contributed by atoms with E-state index in [1.807, 2.05) is 0 Å². The van der Waals surface area contributed by atoms with Gasteiger partial charge >= 0.3 is 0 Å². The lowest BCUT2D eigenvalue weighted by molar-refractivity contribution is 1.14. The zero-order chi connectivity index (χ0) is 12.4. The van der Waals surface area contributed by atoms with Crippen LogP contribution < -0.4 is 5.32 Å². The van der Waals surface area contributed by atoms with Gasteiger partial charge in [-0.15, -0.1) is 0 Å². The van der Waals surface area contributed by atoms with E-state index < -0.39 is 0 Å². The summed E-state index contributed by atoms with van der Waals surface area (Å²) in [7, 11) is 0. The van der Waals surface area contributed by atoms with E-state index in [1.165, 1.54) is 11.1 Å². The predicted molar refractivity (Wildman–Crippen MR) is 81.6 cm³/mol. The number of benzene rings is 1. The van der Waals surface area contributed by atoms with E-state index >= 15 is 0 Å². The molecule has 1 heterocycles. The van der Waals surface area contributed by atoms with Gasteiger partial charge in [0.05, 0.1) is 5.69 Å². The van der Waals surface area contributed by atoms with Gasteiger partial charge in [0.1, 0.15) is 0 Å². The van der Waals surface area contributed by atoms with Gasteiger partial charge < -0.3 is 5.32 Å². The number of aryl methyl sites for hydroxylation is 2. The standard InChI is InChI=1S/C12H11BrIN3/c1-7-3-8(2)11(10(13)4-7)17-12-15-5-9(14)6-16-12/h3-6H,1-2H3,(H,15,16,17). The average molecular weight is 404 g/mol. The Labute approximate surface area is 122 Å². The molecule has 1 N–H and O–H groups in total. The lowest BCUT2D eigenvalue weighted by Gasteiger charge is -2.11. The van der Waals surface area contributed by atoms with Crippen molar-refractivity contribution in [3.8, 4) is 0 Å². The number of hydrogen-bond acceptors (Lipinski definition) is 3. The van der Waals surface area contributed by atoms with Gasteiger partial charge in [-0.2, -0.15) is 0 Å². The van der Waals surface area contributed by atoms with Gasteiger partial charge in [-0.05, 0) is 69.6 Å². The lowest BCUT2D eigenvalue weighted by Crippen LogP contribution is -1.99. The zero-order valence-corrected chi connectivity index (χ0v) is 13.2. The highest BCUT2D eigenvalue weighted by Crippen LogP contribution is 2.29. The maximum atomic E-state index is 4.23. The minimum atomic E-state index is 0.609. The van der Waals surface area contributed by atoms with Crippen LogP contribution in [0.1, 0.15) is 11.1 Å². The summed E-state index contributed by atoms with van der Waals surface area (Å²) in [5.41, 5.74) is 3.40. The van der Waals surface area contributed by atoms with Crippen LogP contribution in [0.15, 0.2) is 29.0 Å². The molecule has 88 valence electrons. The second kappa shape index (κ2) is 5.30. The molecule has 0 atom stereocenters.